The minimum absolute atomic E-state index is 0.103. The molecule has 1 aromatic heterocycles. The molecule has 33 heavy (non-hydrogen) atoms. The molecule has 0 aliphatic carbocycles. The third kappa shape index (κ3) is 6.16. The summed E-state index contributed by atoms with van der Waals surface area (Å²) >= 11 is 0. The van der Waals surface area contributed by atoms with Crippen LogP contribution in [-0.4, -0.2) is 64.3 Å². The Hall–Kier alpha value is -2.80. The van der Waals surface area contributed by atoms with E-state index in [2.05, 4.69) is 15.2 Å². The molecule has 0 bridgehead atoms. The van der Waals surface area contributed by atoms with E-state index < -0.39 is 0 Å². The Morgan fingerprint density at radius 1 is 1.03 bits per heavy atom. The molecule has 2 fully saturated rings. The summed E-state index contributed by atoms with van der Waals surface area (Å²) in [6.45, 7) is 8.96. The lowest BCUT2D eigenvalue weighted by atomic mass is 9.89. The fourth-order valence-corrected chi connectivity index (χ4v) is 5.03. The molecule has 3 heterocycles. The van der Waals surface area contributed by atoms with Crippen molar-refractivity contribution in [2.45, 2.75) is 52.0 Å². The maximum absolute atomic E-state index is 13.0. The van der Waals surface area contributed by atoms with Gasteiger partial charge in [-0.15, -0.1) is 0 Å². The first kappa shape index (κ1) is 23.4. The van der Waals surface area contributed by atoms with E-state index in [-0.39, 0.29) is 17.7 Å². The molecule has 0 atom stereocenters. The fourth-order valence-electron chi connectivity index (χ4n) is 5.03. The van der Waals surface area contributed by atoms with Crippen molar-refractivity contribution in [3.8, 4) is 0 Å². The summed E-state index contributed by atoms with van der Waals surface area (Å²) < 4.78 is 0. The number of aryl methyl sites for hydroxylation is 1. The smallest absolute Gasteiger partial charge is 0.254 e. The van der Waals surface area contributed by atoms with E-state index in [0.717, 1.165) is 69.7 Å². The lowest BCUT2D eigenvalue weighted by molar-refractivity contribution is -0.130. The summed E-state index contributed by atoms with van der Waals surface area (Å²) in [5.41, 5.74) is 2.57. The number of piperidine rings is 2. The van der Waals surface area contributed by atoms with Gasteiger partial charge in [0.15, 0.2) is 0 Å². The molecule has 7 heteroatoms. The van der Waals surface area contributed by atoms with Crippen LogP contribution in [0.25, 0.3) is 0 Å². The highest BCUT2D eigenvalue weighted by molar-refractivity contribution is 5.95. The highest BCUT2D eigenvalue weighted by Gasteiger charge is 2.28. The summed E-state index contributed by atoms with van der Waals surface area (Å²) in [5.74, 6) is 1.74. The first-order valence-corrected chi connectivity index (χ1v) is 12.1. The topological polar surface area (TPSA) is 78.4 Å². The van der Waals surface area contributed by atoms with Crippen LogP contribution < -0.4 is 5.32 Å². The number of aromatic nitrogens is 2. The van der Waals surface area contributed by atoms with Crippen molar-refractivity contribution in [2.24, 2.45) is 5.92 Å². The zero-order chi connectivity index (χ0) is 23.2. The number of amides is 2. The third-order valence-electron chi connectivity index (χ3n) is 7.03. The van der Waals surface area contributed by atoms with Crippen LogP contribution in [0.15, 0.2) is 36.5 Å². The minimum Gasteiger partial charge on any atom is -0.348 e. The monoisotopic (exact) mass is 449 g/mol. The van der Waals surface area contributed by atoms with E-state index in [1.165, 1.54) is 0 Å². The zero-order valence-electron chi connectivity index (χ0n) is 19.8. The Balaban J connectivity index is 1.33. The normalized spacial score (nSPS) is 18.3. The van der Waals surface area contributed by atoms with Crippen molar-refractivity contribution < 1.29 is 9.59 Å². The Morgan fingerprint density at radius 2 is 1.73 bits per heavy atom. The molecule has 2 aliphatic heterocycles. The van der Waals surface area contributed by atoms with E-state index in [9.17, 15) is 9.59 Å². The van der Waals surface area contributed by atoms with Crippen molar-refractivity contribution in [1.29, 1.82) is 0 Å². The molecule has 2 aromatic rings. The van der Waals surface area contributed by atoms with Crippen LogP contribution in [0.4, 0.5) is 0 Å². The van der Waals surface area contributed by atoms with Crippen molar-refractivity contribution in [1.82, 2.24) is 25.1 Å². The Kier molecular flexibility index (Phi) is 7.70. The Labute approximate surface area is 196 Å². The number of hydrogen-bond acceptors (Lipinski definition) is 5. The third-order valence-corrected chi connectivity index (χ3v) is 7.03. The second-order valence-electron chi connectivity index (χ2n) is 9.41. The SMILES string of the molecule is CC(=O)N1CCC(CN2CCC(c3nc(C)ncc3C(=O)NCc3ccccc3)CC2)CC1. The summed E-state index contributed by atoms with van der Waals surface area (Å²) in [4.78, 5) is 38.1. The number of nitrogens with zero attached hydrogens (tertiary/aromatic N) is 4. The Morgan fingerprint density at radius 3 is 2.39 bits per heavy atom. The van der Waals surface area contributed by atoms with E-state index in [1.807, 2.05) is 42.2 Å². The predicted molar refractivity (Wildman–Crippen MR) is 128 cm³/mol. The zero-order valence-corrected chi connectivity index (χ0v) is 19.8. The molecule has 4 rings (SSSR count). The molecule has 7 nitrogen and oxygen atoms in total. The number of nitrogens with one attached hydrogen (secondary N) is 1. The van der Waals surface area contributed by atoms with Gasteiger partial charge in [-0.2, -0.15) is 0 Å². The highest BCUT2D eigenvalue weighted by Crippen LogP contribution is 2.30. The largest absolute Gasteiger partial charge is 0.348 e. The molecule has 0 unspecified atom stereocenters. The van der Waals surface area contributed by atoms with Gasteiger partial charge in [0.05, 0.1) is 11.3 Å². The van der Waals surface area contributed by atoms with Crippen LogP contribution in [0, 0.1) is 12.8 Å². The van der Waals surface area contributed by atoms with Gasteiger partial charge in [-0.1, -0.05) is 30.3 Å². The second kappa shape index (κ2) is 10.9. The standard InChI is InChI=1S/C26H35N5O2/c1-19-27-17-24(26(33)28-16-21-6-4-3-5-7-21)25(29-19)23-10-12-30(13-11-23)18-22-8-14-31(15-9-22)20(2)32/h3-7,17,22-23H,8-16,18H2,1-2H3,(H,28,33). The highest BCUT2D eigenvalue weighted by atomic mass is 16.2. The Bertz CT molecular complexity index is 948. The number of carbonyl (C=O) groups is 2. The van der Waals surface area contributed by atoms with E-state index >= 15 is 0 Å². The molecule has 1 aromatic carbocycles. The van der Waals surface area contributed by atoms with Crippen LogP contribution in [0.5, 0.6) is 0 Å². The number of hydrogen-bond donors (Lipinski definition) is 1. The summed E-state index contributed by atoms with van der Waals surface area (Å²) in [7, 11) is 0. The quantitative estimate of drug-likeness (QED) is 0.733. The lowest BCUT2D eigenvalue weighted by Gasteiger charge is -2.37. The van der Waals surface area contributed by atoms with Gasteiger partial charge in [0, 0.05) is 45.2 Å². The number of carbonyl (C=O) groups excluding carboxylic acids is 2. The van der Waals surface area contributed by atoms with Crippen molar-refractivity contribution in [2.75, 3.05) is 32.7 Å². The van der Waals surface area contributed by atoms with E-state index in [0.29, 0.717) is 23.9 Å². The molecular weight excluding hydrogens is 414 g/mol. The van der Waals surface area contributed by atoms with E-state index in [4.69, 9.17) is 4.98 Å². The van der Waals surface area contributed by atoms with Gasteiger partial charge < -0.3 is 15.1 Å². The molecule has 2 aliphatic rings. The molecule has 2 saturated heterocycles. The first-order chi connectivity index (χ1) is 16.0. The van der Waals surface area contributed by atoms with Crippen LogP contribution >= 0.6 is 0 Å². The number of likely N-dealkylation sites (tertiary alicyclic amines) is 2. The fraction of sp³-hybridized carbons (Fsp3) is 0.538. The number of benzene rings is 1. The maximum atomic E-state index is 13.0. The summed E-state index contributed by atoms with van der Waals surface area (Å²) in [6.07, 6.45) is 5.88. The van der Waals surface area contributed by atoms with Gasteiger partial charge in [-0.3, -0.25) is 9.59 Å². The average molecular weight is 450 g/mol. The molecule has 0 saturated carbocycles. The van der Waals surface area contributed by atoms with Crippen molar-refractivity contribution in [3.05, 3.63) is 59.2 Å². The lowest BCUT2D eigenvalue weighted by Crippen LogP contribution is -2.42. The first-order valence-electron chi connectivity index (χ1n) is 12.1. The van der Waals surface area contributed by atoms with Gasteiger partial charge in [0.2, 0.25) is 5.91 Å². The maximum Gasteiger partial charge on any atom is 0.254 e. The van der Waals surface area contributed by atoms with E-state index in [1.54, 1.807) is 13.1 Å². The molecule has 1 N–H and O–H groups in total. The second-order valence-corrected chi connectivity index (χ2v) is 9.41. The predicted octanol–water partition coefficient (Wildman–Crippen LogP) is 3.15. The van der Waals surface area contributed by atoms with Crippen LogP contribution in [0.3, 0.4) is 0 Å². The minimum atomic E-state index is -0.103. The van der Waals surface area contributed by atoms with Gasteiger partial charge in [0.1, 0.15) is 5.82 Å². The average Bonchev–Trinajstić information content (AvgIpc) is 2.84. The van der Waals surface area contributed by atoms with Crippen LogP contribution in [-0.2, 0) is 11.3 Å². The van der Waals surface area contributed by atoms with Crippen LogP contribution in [0.1, 0.15) is 66.0 Å². The molecule has 176 valence electrons. The molecule has 0 radical (unpaired) electrons. The van der Waals surface area contributed by atoms with Gasteiger partial charge in [-0.05, 0) is 57.2 Å². The van der Waals surface area contributed by atoms with Crippen LogP contribution in [0.2, 0.25) is 0 Å². The summed E-state index contributed by atoms with van der Waals surface area (Å²) in [5, 5.41) is 3.03. The summed E-state index contributed by atoms with van der Waals surface area (Å²) in [6, 6.07) is 9.93. The molecular formula is C26H35N5O2. The van der Waals surface area contributed by atoms with Gasteiger partial charge >= 0.3 is 0 Å². The molecule has 2 amide bonds. The number of rotatable bonds is 6. The molecule has 0 spiro atoms. The van der Waals surface area contributed by atoms with Crippen molar-refractivity contribution in [3.63, 3.8) is 0 Å². The van der Waals surface area contributed by atoms with Gasteiger partial charge in [-0.25, -0.2) is 9.97 Å². The van der Waals surface area contributed by atoms with Gasteiger partial charge in [0.25, 0.3) is 5.91 Å². The van der Waals surface area contributed by atoms with Crippen molar-refractivity contribution >= 4 is 11.8 Å².